The number of hydrogen-bond acceptors (Lipinski definition) is 12. The van der Waals surface area contributed by atoms with Crippen molar-refractivity contribution in [2.75, 3.05) is 31.3 Å². The van der Waals surface area contributed by atoms with Gasteiger partial charge in [-0.2, -0.15) is 15.1 Å². The number of aliphatic hydroxyl groups excluding tert-OH is 1. The van der Waals surface area contributed by atoms with Crippen molar-refractivity contribution in [1.82, 2.24) is 24.6 Å². The van der Waals surface area contributed by atoms with Crippen LogP contribution in [0.2, 0.25) is 0 Å². The van der Waals surface area contributed by atoms with Gasteiger partial charge in [-0.25, -0.2) is 9.55 Å². The van der Waals surface area contributed by atoms with Crippen LogP contribution < -0.4 is 20.7 Å². The number of nitrogens with zero attached hydrogens (tertiary/aromatic N) is 4. The van der Waals surface area contributed by atoms with E-state index in [0.717, 1.165) is 0 Å². The quantitative estimate of drug-likeness (QED) is 0.201. The average molecular weight is 550 g/mol. The zero-order chi connectivity index (χ0) is 27.4. The molecule has 6 atom stereocenters. The molecule has 0 amide bonds. The number of nitrogens with two attached hydrogens (primary N) is 1. The van der Waals surface area contributed by atoms with E-state index in [1.807, 2.05) is 0 Å². The smallest absolute Gasteiger partial charge is 0.459 e. The fraction of sp³-hybridized carbons (Fsp3) is 0.478. The van der Waals surface area contributed by atoms with Crippen molar-refractivity contribution < 1.29 is 33.0 Å². The minimum Gasteiger partial charge on any atom is -0.465 e. The first kappa shape index (κ1) is 27.7. The number of carbonyl (C=O) groups is 1. The number of anilines is 2. The molecule has 2 aromatic heterocycles. The van der Waals surface area contributed by atoms with E-state index < -0.39 is 44.1 Å². The molecule has 38 heavy (non-hydrogen) atoms. The Balaban J connectivity index is 1.53. The third-order valence-electron chi connectivity index (χ3n) is 6.00. The predicted molar refractivity (Wildman–Crippen MR) is 138 cm³/mol. The van der Waals surface area contributed by atoms with Gasteiger partial charge in [-0.1, -0.05) is 25.1 Å². The molecule has 1 aliphatic rings. The highest BCUT2D eigenvalue weighted by Crippen LogP contribution is 2.46. The maximum absolute atomic E-state index is 13.7. The monoisotopic (exact) mass is 549 g/mol. The van der Waals surface area contributed by atoms with E-state index in [9.17, 15) is 14.5 Å². The molecule has 1 fully saturated rings. The van der Waals surface area contributed by atoms with Crippen LogP contribution in [-0.4, -0.2) is 69.1 Å². The van der Waals surface area contributed by atoms with Crippen molar-refractivity contribution in [1.29, 1.82) is 0 Å². The first-order valence-electron chi connectivity index (χ1n) is 12.1. The fourth-order valence-corrected chi connectivity index (χ4v) is 5.58. The Morgan fingerprint density at radius 3 is 2.74 bits per heavy atom. The zero-order valence-electron chi connectivity index (χ0n) is 21.5. The Hall–Kier alpha value is -3.29. The number of fused-ring (bicyclic) bond motifs is 1. The Labute approximate surface area is 219 Å². The highest BCUT2D eigenvalue weighted by Gasteiger charge is 2.44. The number of esters is 1. The van der Waals surface area contributed by atoms with Gasteiger partial charge in [0, 0.05) is 13.0 Å². The summed E-state index contributed by atoms with van der Waals surface area (Å²) in [6.07, 6.45) is -1.03. The Morgan fingerprint density at radius 2 is 2.05 bits per heavy atom. The number of imidazole rings is 1. The number of nitrogen functional groups attached to an aromatic ring is 1. The first-order chi connectivity index (χ1) is 18.2. The van der Waals surface area contributed by atoms with Crippen molar-refractivity contribution in [3.05, 3.63) is 36.7 Å². The second kappa shape index (κ2) is 11.6. The van der Waals surface area contributed by atoms with Gasteiger partial charge < -0.3 is 30.2 Å². The first-order valence-corrected chi connectivity index (χ1v) is 13.6. The molecule has 1 saturated heterocycles. The van der Waals surface area contributed by atoms with Crippen molar-refractivity contribution >= 4 is 36.6 Å². The summed E-state index contributed by atoms with van der Waals surface area (Å²) < 4.78 is 37.8. The lowest BCUT2D eigenvalue weighted by Crippen LogP contribution is -2.36. The molecular weight excluding hydrogens is 517 g/mol. The van der Waals surface area contributed by atoms with E-state index >= 15 is 0 Å². The number of carbonyl (C=O) groups excluding carboxylic acids is 1. The minimum atomic E-state index is -4.12. The maximum Gasteiger partial charge on any atom is 0.459 e. The molecule has 15 heteroatoms. The molecule has 14 nitrogen and oxygen atoms in total. The number of rotatable bonds is 11. The highest BCUT2D eigenvalue weighted by atomic mass is 31.2. The van der Waals surface area contributed by atoms with Crippen LogP contribution >= 0.6 is 7.75 Å². The Morgan fingerprint density at radius 1 is 1.32 bits per heavy atom. The van der Waals surface area contributed by atoms with Crippen LogP contribution in [0.25, 0.3) is 11.2 Å². The molecule has 0 saturated carbocycles. The van der Waals surface area contributed by atoms with E-state index in [-0.39, 0.29) is 24.9 Å². The molecule has 1 aromatic carbocycles. The summed E-state index contributed by atoms with van der Waals surface area (Å²) in [5, 5.41) is 16.5. The number of hydrogen-bond donors (Lipinski definition) is 4. The lowest BCUT2D eigenvalue weighted by Gasteiger charge is -2.24. The zero-order valence-corrected chi connectivity index (χ0v) is 22.4. The van der Waals surface area contributed by atoms with Crippen LogP contribution in [0.1, 0.15) is 27.0 Å². The molecule has 206 valence electrons. The van der Waals surface area contributed by atoms with E-state index in [1.54, 1.807) is 55.8 Å². The number of nitrogens with one attached hydrogen (secondary N) is 2. The summed E-state index contributed by atoms with van der Waals surface area (Å²) in [4.78, 5) is 24.9. The number of aliphatic hydroxyl groups is 1. The molecule has 0 radical (unpaired) electrons. The number of aromatic nitrogens is 4. The fourth-order valence-electron chi connectivity index (χ4n) is 4.08. The second-order valence-electron chi connectivity index (χ2n) is 8.72. The lowest BCUT2D eigenvalue weighted by atomic mass is 10.0. The van der Waals surface area contributed by atoms with Crippen molar-refractivity contribution in [3.8, 4) is 5.75 Å². The number of benzene rings is 1. The van der Waals surface area contributed by atoms with E-state index in [4.69, 9.17) is 24.3 Å². The topological polar surface area (TPSA) is 185 Å². The largest absolute Gasteiger partial charge is 0.465 e. The summed E-state index contributed by atoms with van der Waals surface area (Å²) >= 11 is 0. The molecule has 0 bridgehead atoms. The van der Waals surface area contributed by atoms with Gasteiger partial charge in [-0.05, 0) is 26.0 Å². The van der Waals surface area contributed by atoms with Crippen LogP contribution in [0, 0.1) is 5.92 Å². The SMILES string of the molecule is CCOC(=O)[C@H](C)N[P@@](=O)(OC[C@H]1O[C@@H](n2cnc3c(NC)nc(N)nc32)[C@@H](C)[C@@H]1O)Oc1ccccc1. The number of para-hydroxylation sites is 1. The molecular formula is C23H32N7O7P. The standard InChI is InChI=1S/C23H32N7O7P/c1-5-34-22(32)14(3)29-38(33,37-15-9-7-6-8-10-15)35-11-16-18(31)13(2)21(36-16)30-12-26-17-19(25-4)27-23(24)28-20(17)30/h6-10,12-14,16,18,21,31H,5,11H2,1-4H3,(H,29,33)(H3,24,25,27,28)/t13-,14-,16+,18-,21+,38+/m0/s1. The van der Waals surface area contributed by atoms with E-state index in [2.05, 4.69) is 25.4 Å². The highest BCUT2D eigenvalue weighted by molar-refractivity contribution is 7.52. The van der Waals surface area contributed by atoms with Gasteiger partial charge in [0.2, 0.25) is 5.95 Å². The van der Waals surface area contributed by atoms with Crippen LogP contribution in [0.3, 0.4) is 0 Å². The van der Waals surface area contributed by atoms with Gasteiger partial charge in [-0.3, -0.25) is 13.9 Å². The lowest BCUT2D eigenvalue weighted by molar-refractivity contribution is -0.144. The minimum absolute atomic E-state index is 0.0514. The second-order valence-corrected chi connectivity index (χ2v) is 10.4. The maximum atomic E-state index is 13.7. The van der Waals surface area contributed by atoms with Crippen LogP contribution in [0.4, 0.5) is 11.8 Å². The van der Waals surface area contributed by atoms with Gasteiger partial charge >= 0.3 is 13.7 Å². The van der Waals surface area contributed by atoms with Gasteiger partial charge in [0.1, 0.15) is 24.1 Å². The molecule has 4 rings (SSSR count). The Bertz CT molecular complexity index is 1310. The predicted octanol–water partition coefficient (Wildman–Crippen LogP) is 2.09. The summed E-state index contributed by atoms with van der Waals surface area (Å²) in [5.74, 6) is -0.265. The third-order valence-corrected chi connectivity index (χ3v) is 7.65. The average Bonchev–Trinajstić information content (AvgIpc) is 3.43. The van der Waals surface area contributed by atoms with Crippen LogP contribution in [-0.2, 0) is 23.4 Å². The van der Waals surface area contributed by atoms with Gasteiger partial charge in [0.15, 0.2) is 17.0 Å². The Kier molecular flexibility index (Phi) is 8.48. The van der Waals surface area contributed by atoms with E-state index in [1.165, 1.54) is 13.3 Å². The van der Waals surface area contributed by atoms with Gasteiger partial charge in [0.05, 0.1) is 25.6 Å². The number of ether oxygens (including phenoxy) is 2. The van der Waals surface area contributed by atoms with Gasteiger partial charge in [-0.15, -0.1) is 0 Å². The summed E-state index contributed by atoms with van der Waals surface area (Å²) in [5.41, 5.74) is 6.77. The third kappa shape index (κ3) is 5.89. The van der Waals surface area contributed by atoms with Crippen LogP contribution in [0.15, 0.2) is 36.7 Å². The molecule has 1 aliphatic heterocycles. The summed E-state index contributed by atoms with van der Waals surface area (Å²) in [6.45, 7) is 4.80. The molecule has 0 spiro atoms. The van der Waals surface area contributed by atoms with Crippen molar-refractivity contribution in [2.45, 2.75) is 45.2 Å². The molecule has 0 unspecified atom stereocenters. The van der Waals surface area contributed by atoms with E-state index in [0.29, 0.717) is 17.0 Å². The van der Waals surface area contributed by atoms with Gasteiger partial charge in [0.25, 0.3) is 0 Å². The van der Waals surface area contributed by atoms with Crippen molar-refractivity contribution in [3.63, 3.8) is 0 Å². The molecule has 5 N–H and O–H groups in total. The normalized spacial score (nSPS) is 23.6. The van der Waals surface area contributed by atoms with Crippen molar-refractivity contribution in [2.24, 2.45) is 5.92 Å². The summed E-state index contributed by atoms with van der Waals surface area (Å²) in [6, 6.07) is 7.39. The molecule has 0 aliphatic carbocycles. The van der Waals surface area contributed by atoms with Crippen LogP contribution in [0.5, 0.6) is 5.75 Å². The molecule has 3 heterocycles. The molecule has 3 aromatic rings. The summed E-state index contributed by atoms with van der Waals surface area (Å²) in [7, 11) is -2.42.